The van der Waals surface area contributed by atoms with Gasteiger partial charge in [-0.05, 0) is 20.3 Å². The number of hydrogen-bond donors (Lipinski definition) is 2. The zero-order valence-corrected chi connectivity index (χ0v) is 10.7. The fourth-order valence-electron chi connectivity index (χ4n) is 2.33. The molecule has 5 heteroatoms. The minimum absolute atomic E-state index is 0.157. The van der Waals surface area contributed by atoms with E-state index >= 15 is 0 Å². The van der Waals surface area contributed by atoms with E-state index in [2.05, 4.69) is 19.2 Å². The van der Waals surface area contributed by atoms with Crippen LogP contribution in [-0.4, -0.2) is 58.2 Å². The number of amides is 1. The molecule has 0 saturated carbocycles. The molecule has 2 heterocycles. The van der Waals surface area contributed by atoms with Crippen molar-refractivity contribution in [1.82, 2.24) is 10.2 Å². The third-order valence-corrected chi connectivity index (χ3v) is 4.44. The summed E-state index contributed by atoms with van der Waals surface area (Å²) >= 11 is 1.92. The Morgan fingerprint density at radius 1 is 1.56 bits per heavy atom. The van der Waals surface area contributed by atoms with Gasteiger partial charge in [0, 0.05) is 30.1 Å². The second-order valence-corrected chi connectivity index (χ2v) is 7.02. The molecule has 2 aliphatic rings. The van der Waals surface area contributed by atoms with Crippen molar-refractivity contribution >= 4 is 17.7 Å². The van der Waals surface area contributed by atoms with E-state index in [4.69, 9.17) is 0 Å². The highest BCUT2D eigenvalue weighted by molar-refractivity contribution is 8.00. The summed E-state index contributed by atoms with van der Waals surface area (Å²) in [6.07, 6.45) is 0.198. The summed E-state index contributed by atoms with van der Waals surface area (Å²) in [5, 5.41) is 12.5. The van der Waals surface area contributed by atoms with E-state index in [-0.39, 0.29) is 22.8 Å². The standard InChI is InChI=1S/C11H20N2O2S/c1-11(2)7-13(3-4-16-11)10(15)9-5-8(14)6-12-9/h8-9,12,14H,3-7H2,1-2H3. The summed E-state index contributed by atoms with van der Waals surface area (Å²) in [6, 6.07) is -0.172. The quantitative estimate of drug-likeness (QED) is 0.685. The molecule has 0 aromatic rings. The molecule has 2 fully saturated rings. The van der Waals surface area contributed by atoms with Gasteiger partial charge in [-0.3, -0.25) is 4.79 Å². The van der Waals surface area contributed by atoms with Crippen LogP contribution in [0.5, 0.6) is 0 Å². The highest BCUT2D eigenvalue weighted by Crippen LogP contribution is 2.30. The summed E-state index contributed by atoms with van der Waals surface area (Å²) in [5.74, 6) is 1.17. The van der Waals surface area contributed by atoms with E-state index in [0.29, 0.717) is 13.0 Å². The molecule has 4 nitrogen and oxygen atoms in total. The summed E-state index contributed by atoms with van der Waals surface area (Å²) in [6.45, 7) is 6.54. The van der Waals surface area contributed by atoms with Crippen LogP contribution >= 0.6 is 11.8 Å². The van der Waals surface area contributed by atoms with Gasteiger partial charge in [0.2, 0.25) is 5.91 Å². The summed E-state index contributed by atoms with van der Waals surface area (Å²) in [4.78, 5) is 14.1. The maximum Gasteiger partial charge on any atom is 0.239 e. The number of β-amino-alcohol motifs (C(OH)–C–C–N with tert-alkyl or cyclic N) is 1. The molecule has 0 aromatic carbocycles. The van der Waals surface area contributed by atoms with Gasteiger partial charge in [0.15, 0.2) is 0 Å². The predicted molar refractivity (Wildman–Crippen MR) is 65.5 cm³/mol. The third kappa shape index (κ3) is 2.70. The second-order valence-electron chi connectivity index (χ2n) is 5.22. The number of carbonyl (C=O) groups excluding carboxylic acids is 1. The van der Waals surface area contributed by atoms with Gasteiger partial charge in [-0.15, -0.1) is 0 Å². The molecule has 92 valence electrons. The zero-order chi connectivity index (χ0) is 11.8. The number of nitrogens with zero attached hydrogens (tertiary/aromatic N) is 1. The van der Waals surface area contributed by atoms with Crippen molar-refractivity contribution < 1.29 is 9.90 Å². The van der Waals surface area contributed by atoms with Crippen molar-refractivity contribution in [2.45, 2.75) is 37.2 Å². The minimum Gasteiger partial charge on any atom is -0.392 e. The van der Waals surface area contributed by atoms with E-state index < -0.39 is 0 Å². The van der Waals surface area contributed by atoms with Crippen molar-refractivity contribution in [2.24, 2.45) is 0 Å². The first-order valence-electron chi connectivity index (χ1n) is 5.82. The maximum absolute atomic E-state index is 12.2. The predicted octanol–water partition coefficient (Wildman–Crippen LogP) is 0.0632. The van der Waals surface area contributed by atoms with Gasteiger partial charge in [-0.1, -0.05) is 0 Å². The highest BCUT2D eigenvalue weighted by atomic mass is 32.2. The Morgan fingerprint density at radius 3 is 2.88 bits per heavy atom. The molecule has 2 aliphatic heterocycles. The summed E-state index contributed by atoms with van der Waals surface area (Å²) in [7, 11) is 0. The Hall–Kier alpha value is -0.260. The van der Waals surface area contributed by atoms with Crippen LogP contribution in [0, 0.1) is 0 Å². The first-order valence-corrected chi connectivity index (χ1v) is 6.81. The van der Waals surface area contributed by atoms with E-state index in [9.17, 15) is 9.90 Å². The van der Waals surface area contributed by atoms with Crippen molar-refractivity contribution in [2.75, 3.05) is 25.4 Å². The Bertz CT molecular complexity index is 283. The lowest BCUT2D eigenvalue weighted by molar-refractivity contribution is -0.133. The van der Waals surface area contributed by atoms with Gasteiger partial charge in [-0.2, -0.15) is 11.8 Å². The average Bonchev–Trinajstić information content (AvgIpc) is 2.62. The van der Waals surface area contributed by atoms with Crippen LogP contribution in [0.4, 0.5) is 0 Å². The molecular weight excluding hydrogens is 224 g/mol. The van der Waals surface area contributed by atoms with Gasteiger partial charge in [0.1, 0.15) is 0 Å². The van der Waals surface area contributed by atoms with Crippen molar-refractivity contribution in [1.29, 1.82) is 0 Å². The van der Waals surface area contributed by atoms with Gasteiger partial charge in [0.05, 0.1) is 12.1 Å². The molecule has 1 amide bonds. The number of rotatable bonds is 1. The van der Waals surface area contributed by atoms with Crippen LogP contribution in [0.25, 0.3) is 0 Å². The Balaban J connectivity index is 1.94. The lowest BCUT2D eigenvalue weighted by atomic mass is 10.1. The number of thioether (sulfide) groups is 1. The molecule has 2 atom stereocenters. The van der Waals surface area contributed by atoms with Crippen molar-refractivity contribution in [3.05, 3.63) is 0 Å². The van der Waals surface area contributed by atoms with Crippen LogP contribution in [0.15, 0.2) is 0 Å². The average molecular weight is 244 g/mol. The Labute approximate surface area is 101 Å². The minimum atomic E-state index is -0.360. The number of nitrogens with one attached hydrogen (secondary N) is 1. The highest BCUT2D eigenvalue weighted by Gasteiger charge is 2.35. The third-order valence-electron chi connectivity index (χ3n) is 3.14. The van der Waals surface area contributed by atoms with Crippen LogP contribution < -0.4 is 5.32 Å². The first-order chi connectivity index (χ1) is 7.48. The molecule has 0 spiro atoms. The molecule has 2 rings (SSSR count). The smallest absolute Gasteiger partial charge is 0.239 e. The van der Waals surface area contributed by atoms with Crippen LogP contribution in [0.2, 0.25) is 0 Å². The molecule has 0 aliphatic carbocycles. The van der Waals surface area contributed by atoms with Gasteiger partial charge < -0.3 is 15.3 Å². The second kappa shape index (κ2) is 4.55. The molecular formula is C11H20N2O2S. The maximum atomic E-state index is 12.2. The summed E-state index contributed by atoms with van der Waals surface area (Å²) in [5.41, 5.74) is 0. The van der Waals surface area contributed by atoms with Crippen LogP contribution in [0.3, 0.4) is 0 Å². The van der Waals surface area contributed by atoms with E-state index in [1.54, 1.807) is 0 Å². The molecule has 0 bridgehead atoms. The molecule has 2 unspecified atom stereocenters. The number of hydrogen-bond acceptors (Lipinski definition) is 4. The largest absolute Gasteiger partial charge is 0.392 e. The molecule has 0 radical (unpaired) electrons. The van der Waals surface area contributed by atoms with Crippen LogP contribution in [0.1, 0.15) is 20.3 Å². The number of aliphatic hydroxyl groups excluding tert-OH is 1. The lowest BCUT2D eigenvalue weighted by Crippen LogP contribution is -2.51. The molecule has 2 N–H and O–H groups in total. The van der Waals surface area contributed by atoms with Crippen molar-refractivity contribution in [3.8, 4) is 0 Å². The van der Waals surface area contributed by atoms with Crippen LogP contribution in [-0.2, 0) is 4.79 Å². The van der Waals surface area contributed by atoms with Crippen molar-refractivity contribution in [3.63, 3.8) is 0 Å². The summed E-state index contributed by atoms with van der Waals surface area (Å²) < 4.78 is 0.158. The van der Waals surface area contributed by atoms with E-state index in [0.717, 1.165) is 18.8 Å². The zero-order valence-electron chi connectivity index (χ0n) is 9.90. The van der Waals surface area contributed by atoms with Gasteiger partial charge >= 0.3 is 0 Å². The SMILES string of the molecule is CC1(C)CN(C(=O)C2CC(O)CN2)CCS1. The fraction of sp³-hybridized carbons (Fsp3) is 0.909. The number of carbonyl (C=O) groups is 1. The van der Waals surface area contributed by atoms with E-state index in [1.807, 2.05) is 16.7 Å². The van der Waals surface area contributed by atoms with Gasteiger partial charge in [0.25, 0.3) is 0 Å². The normalized spacial score (nSPS) is 34.1. The fourth-order valence-corrected chi connectivity index (χ4v) is 3.44. The first kappa shape index (κ1) is 12.2. The molecule has 2 saturated heterocycles. The van der Waals surface area contributed by atoms with E-state index in [1.165, 1.54) is 0 Å². The molecule has 16 heavy (non-hydrogen) atoms. The Morgan fingerprint density at radius 2 is 2.31 bits per heavy atom. The lowest BCUT2D eigenvalue weighted by Gasteiger charge is -2.38. The topological polar surface area (TPSA) is 52.6 Å². The molecule has 0 aromatic heterocycles. The number of aliphatic hydroxyl groups is 1. The monoisotopic (exact) mass is 244 g/mol. The van der Waals surface area contributed by atoms with Gasteiger partial charge in [-0.25, -0.2) is 0 Å². The Kier molecular flexibility index (Phi) is 3.47.